The van der Waals surface area contributed by atoms with Gasteiger partial charge in [0, 0.05) is 16.0 Å². The molecule has 0 aliphatic rings. The molecule has 2 aromatic rings. The molecule has 0 bridgehead atoms. The number of nitrogens with one attached hydrogen (secondary N) is 2. The summed E-state index contributed by atoms with van der Waals surface area (Å²) in [5.74, 6) is -1.99. The number of carbonyl (C=O) groups excluding carboxylic acids is 2. The number of hydrazine groups is 1. The van der Waals surface area contributed by atoms with Gasteiger partial charge in [0.2, 0.25) is 5.91 Å². The largest absolute Gasteiger partial charge is 0.416 e. The van der Waals surface area contributed by atoms with Gasteiger partial charge in [-0.15, -0.1) is 11.8 Å². The van der Waals surface area contributed by atoms with E-state index < -0.39 is 29.4 Å². The van der Waals surface area contributed by atoms with E-state index in [9.17, 15) is 27.2 Å². The molecule has 0 unspecified atom stereocenters. The Hall–Kier alpha value is -2.52. The number of hydrogen-bond acceptors (Lipinski definition) is 3. The fraction of sp³-hybridized carbons (Fsp3) is 0.111. The third kappa shape index (κ3) is 6.58. The van der Waals surface area contributed by atoms with Crippen LogP contribution >= 0.6 is 23.4 Å². The predicted molar refractivity (Wildman–Crippen MR) is 98.9 cm³/mol. The van der Waals surface area contributed by atoms with E-state index >= 15 is 0 Å². The minimum atomic E-state index is -4.54. The van der Waals surface area contributed by atoms with Crippen LogP contribution in [0.15, 0.2) is 53.4 Å². The lowest BCUT2D eigenvalue weighted by Gasteiger charge is -2.08. The molecule has 0 aromatic heterocycles. The highest BCUT2D eigenvalue weighted by Gasteiger charge is 2.30. The smallest absolute Gasteiger partial charge is 0.272 e. The minimum Gasteiger partial charge on any atom is -0.272 e. The Morgan fingerprint density at radius 1 is 1.11 bits per heavy atom. The van der Waals surface area contributed by atoms with Crippen molar-refractivity contribution in [2.24, 2.45) is 0 Å². The fourth-order valence-electron chi connectivity index (χ4n) is 1.93. The van der Waals surface area contributed by atoms with Crippen LogP contribution in [0, 0.1) is 5.82 Å². The summed E-state index contributed by atoms with van der Waals surface area (Å²) >= 11 is 6.76. The molecular formula is C18H13ClF4N2O2S. The summed E-state index contributed by atoms with van der Waals surface area (Å²) in [6, 6.07) is 8.60. The molecule has 10 heteroatoms. The first-order chi connectivity index (χ1) is 13.2. The number of carbonyl (C=O) groups is 2. The molecule has 28 heavy (non-hydrogen) atoms. The second kappa shape index (κ2) is 9.61. The Morgan fingerprint density at radius 2 is 1.82 bits per heavy atom. The molecule has 0 aliphatic carbocycles. The van der Waals surface area contributed by atoms with E-state index in [1.165, 1.54) is 18.2 Å². The standard InChI is InChI=1S/C18H13ClF4N2O2S/c19-13-7-6-12(18(21,22)23)9-11(13)5-8-16(26)24-25-17(27)10-28-15-4-2-1-3-14(15)20/h1-9H,10H2,(H,24,26)(H,25,27). The van der Waals surface area contributed by atoms with Crippen molar-refractivity contribution in [1.29, 1.82) is 0 Å². The normalized spacial score (nSPS) is 11.5. The van der Waals surface area contributed by atoms with Gasteiger partial charge in [0.1, 0.15) is 5.82 Å². The van der Waals surface area contributed by atoms with Gasteiger partial charge in [0.15, 0.2) is 0 Å². The van der Waals surface area contributed by atoms with Crippen molar-refractivity contribution in [3.05, 3.63) is 70.5 Å². The van der Waals surface area contributed by atoms with Crippen molar-refractivity contribution in [3.8, 4) is 0 Å². The zero-order valence-corrected chi connectivity index (χ0v) is 15.6. The maximum absolute atomic E-state index is 13.4. The number of halogens is 5. The Kier molecular flexibility index (Phi) is 7.47. The number of hydrogen-bond donors (Lipinski definition) is 2. The molecule has 0 atom stereocenters. The summed E-state index contributed by atoms with van der Waals surface area (Å²) in [6.45, 7) is 0. The van der Waals surface area contributed by atoms with Crippen molar-refractivity contribution >= 4 is 41.3 Å². The first kappa shape index (κ1) is 21.8. The first-order valence-corrected chi connectivity index (χ1v) is 9.04. The lowest BCUT2D eigenvalue weighted by molar-refractivity contribution is -0.137. The third-order valence-corrected chi connectivity index (χ3v) is 4.65. The van der Waals surface area contributed by atoms with Crippen molar-refractivity contribution in [1.82, 2.24) is 10.9 Å². The highest BCUT2D eigenvalue weighted by atomic mass is 35.5. The average Bonchev–Trinajstić information content (AvgIpc) is 2.64. The highest BCUT2D eigenvalue weighted by molar-refractivity contribution is 8.00. The summed E-state index contributed by atoms with van der Waals surface area (Å²) in [5, 5.41) is 0.0300. The van der Waals surface area contributed by atoms with Crippen molar-refractivity contribution in [3.63, 3.8) is 0 Å². The molecular weight excluding hydrogens is 420 g/mol. The SMILES string of the molecule is O=C(C=Cc1cc(C(F)(F)F)ccc1Cl)NNC(=O)CSc1ccccc1F. The molecule has 2 amide bonds. The summed E-state index contributed by atoms with van der Waals surface area (Å²) in [7, 11) is 0. The number of alkyl halides is 3. The lowest BCUT2D eigenvalue weighted by atomic mass is 10.1. The maximum Gasteiger partial charge on any atom is 0.416 e. The minimum absolute atomic E-state index is 0.00641. The molecule has 0 aliphatic heterocycles. The second-order valence-electron chi connectivity index (χ2n) is 5.32. The molecule has 2 aromatic carbocycles. The monoisotopic (exact) mass is 432 g/mol. The van der Waals surface area contributed by atoms with Gasteiger partial charge >= 0.3 is 6.18 Å². The van der Waals surface area contributed by atoms with Crippen LogP contribution in [0.3, 0.4) is 0 Å². The topological polar surface area (TPSA) is 58.2 Å². The van der Waals surface area contributed by atoms with E-state index in [2.05, 4.69) is 10.9 Å². The summed E-state index contributed by atoms with van der Waals surface area (Å²) in [4.78, 5) is 23.7. The van der Waals surface area contributed by atoms with E-state index in [0.717, 1.165) is 42.1 Å². The summed E-state index contributed by atoms with van der Waals surface area (Å²) in [6.07, 6.45) is -2.53. The van der Waals surface area contributed by atoms with Gasteiger partial charge in [0.25, 0.3) is 5.91 Å². The van der Waals surface area contributed by atoms with E-state index in [0.29, 0.717) is 0 Å². The fourth-order valence-corrected chi connectivity index (χ4v) is 2.85. The van der Waals surface area contributed by atoms with Gasteiger partial charge in [-0.3, -0.25) is 20.4 Å². The first-order valence-electron chi connectivity index (χ1n) is 7.68. The van der Waals surface area contributed by atoms with E-state index in [4.69, 9.17) is 11.6 Å². The van der Waals surface area contributed by atoms with Crippen LogP contribution in [0.1, 0.15) is 11.1 Å². The molecule has 0 spiro atoms. The van der Waals surface area contributed by atoms with Gasteiger partial charge in [-0.1, -0.05) is 23.7 Å². The van der Waals surface area contributed by atoms with Gasteiger partial charge in [-0.05, 0) is 42.0 Å². The number of benzene rings is 2. The summed E-state index contributed by atoms with van der Waals surface area (Å²) < 4.78 is 51.6. The molecule has 148 valence electrons. The van der Waals surface area contributed by atoms with Gasteiger partial charge < -0.3 is 0 Å². The van der Waals surface area contributed by atoms with Crippen molar-refractivity contribution < 1.29 is 27.2 Å². The Morgan fingerprint density at radius 3 is 2.50 bits per heavy atom. The molecule has 2 rings (SSSR count). The van der Waals surface area contributed by atoms with Crippen LogP contribution in [0.5, 0.6) is 0 Å². The zero-order valence-electron chi connectivity index (χ0n) is 14.0. The Bertz CT molecular complexity index is 903. The van der Waals surface area contributed by atoms with Crippen LogP contribution in [0.2, 0.25) is 5.02 Å². The number of rotatable bonds is 5. The van der Waals surface area contributed by atoms with Crippen LogP contribution in [-0.2, 0) is 15.8 Å². The van der Waals surface area contributed by atoms with Gasteiger partial charge in [-0.25, -0.2) is 4.39 Å². The van der Waals surface area contributed by atoms with Crippen molar-refractivity contribution in [2.75, 3.05) is 5.75 Å². The third-order valence-electron chi connectivity index (χ3n) is 3.26. The molecule has 0 saturated heterocycles. The van der Waals surface area contributed by atoms with E-state index in [1.54, 1.807) is 6.07 Å². The van der Waals surface area contributed by atoms with E-state index in [-0.39, 0.29) is 21.2 Å². The highest BCUT2D eigenvalue weighted by Crippen LogP contribution is 2.32. The Labute approximate surface area is 166 Å². The quantitative estimate of drug-likeness (QED) is 0.317. The predicted octanol–water partition coefficient (Wildman–Crippen LogP) is 4.45. The van der Waals surface area contributed by atoms with Gasteiger partial charge in [-0.2, -0.15) is 13.2 Å². The molecule has 4 nitrogen and oxygen atoms in total. The second-order valence-corrected chi connectivity index (χ2v) is 6.75. The average molecular weight is 433 g/mol. The summed E-state index contributed by atoms with van der Waals surface area (Å²) in [5.41, 5.74) is 3.27. The molecule has 0 radical (unpaired) electrons. The lowest BCUT2D eigenvalue weighted by Crippen LogP contribution is -2.41. The zero-order chi connectivity index (χ0) is 20.7. The van der Waals surface area contributed by atoms with Crippen LogP contribution < -0.4 is 10.9 Å². The maximum atomic E-state index is 13.4. The Balaban J connectivity index is 1.87. The van der Waals surface area contributed by atoms with Gasteiger partial charge in [0.05, 0.1) is 11.3 Å². The van der Waals surface area contributed by atoms with Crippen LogP contribution in [0.25, 0.3) is 6.08 Å². The number of amides is 2. The molecule has 0 fully saturated rings. The molecule has 2 N–H and O–H groups in total. The van der Waals surface area contributed by atoms with E-state index in [1.807, 2.05) is 0 Å². The van der Waals surface area contributed by atoms with Crippen LogP contribution in [0.4, 0.5) is 17.6 Å². The van der Waals surface area contributed by atoms with Crippen LogP contribution in [-0.4, -0.2) is 17.6 Å². The molecule has 0 heterocycles. The molecule has 0 saturated carbocycles. The van der Waals surface area contributed by atoms with Crippen molar-refractivity contribution in [2.45, 2.75) is 11.1 Å². The number of thioether (sulfide) groups is 1.